The van der Waals surface area contributed by atoms with Crippen LogP contribution in [0.1, 0.15) is 113 Å². The summed E-state index contributed by atoms with van der Waals surface area (Å²) in [4.78, 5) is 82.4. The van der Waals surface area contributed by atoms with Crippen molar-refractivity contribution in [2.24, 2.45) is 63.4 Å². The fourth-order valence-electron chi connectivity index (χ4n) is 5.74. The normalized spacial score (nSPS) is 15.7. The van der Waals surface area contributed by atoms with E-state index in [1.165, 1.54) is 6.92 Å². The Hall–Kier alpha value is -3.39. The predicted molar refractivity (Wildman–Crippen MR) is 191 cm³/mol. The number of aliphatic hydroxyl groups is 1. The average Bonchev–Trinajstić information content (AvgIpc) is 2.98. The van der Waals surface area contributed by atoms with Gasteiger partial charge in [-0.25, -0.2) is 0 Å². The first kappa shape index (κ1) is 45.6. The van der Waals surface area contributed by atoms with Gasteiger partial charge in [-0.2, -0.15) is 0 Å². The highest BCUT2D eigenvalue weighted by molar-refractivity contribution is 5.96. The predicted octanol–water partition coefficient (Wildman–Crippen LogP) is 1.48. The molecule has 0 aliphatic carbocycles. The van der Waals surface area contributed by atoms with Gasteiger partial charge in [0, 0.05) is 49.5 Å². The molecule has 0 rings (SSSR count). The summed E-state index contributed by atoms with van der Waals surface area (Å²) in [5.74, 6) is -5.00. The maximum atomic E-state index is 13.7. The molecule has 11 N–H and O–H groups in total. The number of nitrogens with two attached hydrogens (primary N) is 4. The van der Waals surface area contributed by atoms with Crippen molar-refractivity contribution in [1.29, 1.82) is 0 Å². The van der Waals surface area contributed by atoms with Gasteiger partial charge in [0.1, 0.15) is 11.8 Å². The molecule has 0 unspecified atom stereocenters. The molecule has 0 aromatic rings. The molecule has 0 saturated heterocycles. The molecule has 0 aliphatic heterocycles. The van der Waals surface area contributed by atoms with Crippen molar-refractivity contribution in [2.75, 3.05) is 13.1 Å². The van der Waals surface area contributed by atoms with Crippen molar-refractivity contribution in [3.05, 3.63) is 0 Å². The van der Waals surface area contributed by atoms with Gasteiger partial charge in [0.15, 0.2) is 17.5 Å². The summed E-state index contributed by atoms with van der Waals surface area (Å²) in [5, 5.41) is 15.9. The summed E-state index contributed by atoms with van der Waals surface area (Å²) in [5.41, 5.74) is 21.9. The van der Waals surface area contributed by atoms with E-state index in [0.29, 0.717) is 44.6 Å². The van der Waals surface area contributed by atoms with Gasteiger partial charge in [-0.05, 0) is 63.8 Å². The lowest BCUT2D eigenvalue weighted by molar-refractivity contribution is -0.136. The third-order valence-electron chi connectivity index (χ3n) is 8.55. The molecule has 0 aromatic heterocycles. The number of amides is 3. The topological polar surface area (TPSA) is 263 Å². The smallest absolute Gasteiger partial charge is 0.224 e. The molecular formula is C35H65N7O7. The minimum Gasteiger partial charge on any atom is -0.391 e. The third kappa shape index (κ3) is 19.4. The second-order valence-electron chi connectivity index (χ2n) is 14.4. The molecule has 0 spiro atoms. The van der Waals surface area contributed by atoms with Crippen molar-refractivity contribution in [3.8, 4) is 0 Å². The first-order valence-corrected chi connectivity index (χ1v) is 17.7. The molecule has 282 valence electrons. The molecule has 0 heterocycles. The van der Waals surface area contributed by atoms with Gasteiger partial charge in [-0.3, -0.25) is 33.8 Å². The zero-order chi connectivity index (χ0) is 37.8. The van der Waals surface area contributed by atoms with E-state index in [1.807, 2.05) is 34.6 Å². The van der Waals surface area contributed by atoms with E-state index in [2.05, 4.69) is 15.6 Å². The number of rotatable bonds is 27. The highest BCUT2D eigenvalue weighted by Crippen LogP contribution is 2.21. The van der Waals surface area contributed by atoms with Crippen LogP contribution in [-0.4, -0.2) is 77.4 Å². The number of Topliss-reactive ketones (excluding diaryl/α,β-unsaturated/α-hetero) is 3. The number of guanidine groups is 1. The summed E-state index contributed by atoms with van der Waals surface area (Å²) >= 11 is 0. The SMILES string of the molecule is CC(C)C[C@H](NC(=O)[C@H](CCCCN)CC(=O)[C@@H](NC(=O)[C@H](C)CC(=O)[C@@H](C)CC(C)C)[C@@H](C)O)C(=O)C[C@@H](CCCN=C(N)N)C(N)=O. The number of hydrogen-bond acceptors (Lipinski definition) is 9. The molecule has 14 nitrogen and oxygen atoms in total. The van der Waals surface area contributed by atoms with Crippen LogP contribution in [0.5, 0.6) is 0 Å². The Kier molecular flexibility index (Phi) is 22.2. The van der Waals surface area contributed by atoms with Gasteiger partial charge in [0.2, 0.25) is 17.7 Å². The van der Waals surface area contributed by atoms with Gasteiger partial charge >= 0.3 is 0 Å². The Morgan fingerprint density at radius 2 is 1.22 bits per heavy atom. The molecular weight excluding hydrogens is 630 g/mol. The number of nitrogens with one attached hydrogen (secondary N) is 2. The molecule has 0 aromatic carbocycles. The molecule has 0 radical (unpaired) electrons. The monoisotopic (exact) mass is 695 g/mol. The van der Waals surface area contributed by atoms with E-state index < -0.39 is 59.4 Å². The van der Waals surface area contributed by atoms with Gasteiger partial charge in [0.05, 0.1) is 12.1 Å². The molecule has 0 aliphatic rings. The number of nitrogens with zero attached hydrogens (tertiary/aromatic N) is 1. The van der Waals surface area contributed by atoms with E-state index in [1.54, 1.807) is 6.92 Å². The second kappa shape index (κ2) is 23.9. The van der Waals surface area contributed by atoms with Crippen molar-refractivity contribution in [1.82, 2.24) is 10.6 Å². The van der Waals surface area contributed by atoms with Gasteiger partial charge in [-0.1, -0.05) is 48.0 Å². The van der Waals surface area contributed by atoms with Crippen LogP contribution in [0.2, 0.25) is 0 Å². The minimum atomic E-state index is -1.30. The van der Waals surface area contributed by atoms with Crippen molar-refractivity contribution < 1.29 is 33.9 Å². The average molecular weight is 696 g/mol. The number of unbranched alkanes of at least 4 members (excludes halogenated alkanes) is 1. The molecule has 0 saturated carbocycles. The lowest BCUT2D eigenvalue weighted by Crippen LogP contribution is -2.51. The van der Waals surface area contributed by atoms with Crippen LogP contribution in [0.3, 0.4) is 0 Å². The van der Waals surface area contributed by atoms with Crippen molar-refractivity contribution in [2.45, 2.75) is 131 Å². The standard InChI is InChI=1S/C35H65N7O7/c1-20(2)15-22(5)28(44)17-23(6)33(48)42-31(24(7)43)30(46)19-26(11-8-9-13-36)34(49)41-27(16-21(3)4)29(45)18-25(32(37)47)12-10-14-40-35(38)39/h20-27,31,43H,8-19,36H2,1-7H3,(H2,37,47)(H,41,49)(H,42,48)(H4,38,39,40)/t22-,23+,24+,25+,26+,27-,31-/m0/s1. The largest absolute Gasteiger partial charge is 0.391 e. The van der Waals surface area contributed by atoms with Gasteiger partial charge in [-0.15, -0.1) is 0 Å². The van der Waals surface area contributed by atoms with Crippen molar-refractivity contribution in [3.63, 3.8) is 0 Å². The Labute approximate surface area is 292 Å². The number of hydrogen-bond donors (Lipinski definition) is 7. The highest BCUT2D eigenvalue weighted by atomic mass is 16.3. The number of primary amides is 1. The van der Waals surface area contributed by atoms with E-state index in [4.69, 9.17) is 22.9 Å². The number of ketones is 3. The zero-order valence-electron chi connectivity index (χ0n) is 30.8. The Morgan fingerprint density at radius 1 is 0.653 bits per heavy atom. The first-order valence-electron chi connectivity index (χ1n) is 17.7. The van der Waals surface area contributed by atoms with E-state index >= 15 is 0 Å². The Balaban J connectivity index is 5.85. The zero-order valence-corrected chi connectivity index (χ0v) is 30.8. The minimum absolute atomic E-state index is 0.00268. The summed E-state index contributed by atoms with van der Waals surface area (Å²) in [6.45, 7) is 13.3. The summed E-state index contributed by atoms with van der Waals surface area (Å²) < 4.78 is 0. The number of aliphatic imine (C=N–C) groups is 1. The second-order valence-corrected chi connectivity index (χ2v) is 14.4. The quantitative estimate of drug-likeness (QED) is 0.0370. The molecule has 14 heteroatoms. The van der Waals surface area contributed by atoms with E-state index in [9.17, 15) is 33.9 Å². The molecule has 0 bridgehead atoms. The maximum absolute atomic E-state index is 13.7. The van der Waals surface area contributed by atoms with Crippen LogP contribution < -0.4 is 33.6 Å². The van der Waals surface area contributed by atoms with Crippen LogP contribution in [0, 0.1) is 35.5 Å². The van der Waals surface area contributed by atoms with E-state index in [0.717, 1.165) is 0 Å². The van der Waals surface area contributed by atoms with Gasteiger partial charge < -0.3 is 38.7 Å². The fourth-order valence-corrected chi connectivity index (χ4v) is 5.74. The van der Waals surface area contributed by atoms with Crippen molar-refractivity contribution >= 4 is 41.0 Å². The van der Waals surface area contributed by atoms with Gasteiger partial charge in [0.25, 0.3) is 0 Å². The van der Waals surface area contributed by atoms with Crippen LogP contribution in [0.15, 0.2) is 4.99 Å². The number of carbonyl (C=O) groups excluding carboxylic acids is 6. The number of aliphatic hydroxyl groups excluding tert-OH is 1. The third-order valence-corrected chi connectivity index (χ3v) is 8.55. The molecule has 7 atom stereocenters. The van der Waals surface area contributed by atoms with Crippen LogP contribution in [0.25, 0.3) is 0 Å². The summed E-state index contributed by atoms with van der Waals surface area (Å²) in [6.07, 6.45) is 1.38. The van der Waals surface area contributed by atoms with E-state index in [-0.39, 0.29) is 68.0 Å². The first-order chi connectivity index (χ1) is 22.8. The lowest BCUT2D eigenvalue weighted by Gasteiger charge is -2.27. The van der Waals surface area contributed by atoms with Crippen LogP contribution >= 0.6 is 0 Å². The summed E-state index contributed by atoms with van der Waals surface area (Å²) in [7, 11) is 0. The Bertz CT molecular complexity index is 1110. The summed E-state index contributed by atoms with van der Waals surface area (Å²) in [6, 6.07) is -2.23. The molecule has 49 heavy (non-hydrogen) atoms. The highest BCUT2D eigenvalue weighted by Gasteiger charge is 2.34. The number of carbonyl (C=O) groups is 6. The van der Waals surface area contributed by atoms with Crippen LogP contribution in [-0.2, 0) is 28.8 Å². The Morgan fingerprint density at radius 3 is 1.73 bits per heavy atom. The molecule has 3 amide bonds. The fraction of sp³-hybridized carbons (Fsp3) is 0.800. The lowest BCUT2D eigenvalue weighted by atomic mass is 9.88. The molecule has 0 fully saturated rings. The maximum Gasteiger partial charge on any atom is 0.224 e. The van der Waals surface area contributed by atoms with Crippen LogP contribution in [0.4, 0.5) is 0 Å².